The lowest BCUT2D eigenvalue weighted by Gasteiger charge is -2.34. The number of rotatable bonds is 7. The van der Waals surface area contributed by atoms with Gasteiger partial charge in [-0.15, -0.1) is 0 Å². The normalized spacial score (nSPS) is 16.4. The van der Waals surface area contributed by atoms with E-state index >= 15 is 0 Å². The molecule has 0 unspecified atom stereocenters. The Hall–Kier alpha value is -1.82. The fourth-order valence-corrected chi connectivity index (χ4v) is 5.02. The van der Waals surface area contributed by atoms with Gasteiger partial charge in [-0.2, -0.15) is 8.61 Å². The second kappa shape index (κ2) is 8.68. The second-order valence-corrected chi connectivity index (χ2v) is 10.8. The lowest BCUT2D eigenvalue weighted by Crippen LogP contribution is -2.52. The average molecular weight is 432 g/mol. The summed E-state index contributed by atoms with van der Waals surface area (Å²) >= 11 is 0. The molecule has 0 radical (unpaired) electrons. The number of Topliss-reactive ketones (excluding diaryl/α,β-unsaturated/α-hetero) is 1. The Morgan fingerprint density at radius 3 is 2.00 bits per heavy atom. The summed E-state index contributed by atoms with van der Waals surface area (Å²) < 4.78 is 51.3. The number of hydrogen-bond acceptors (Lipinski definition) is 6. The van der Waals surface area contributed by atoms with Crippen LogP contribution in [-0.4, -0.2) is 87.6 Å². The lowest BCUT2D eigenvalue weighted by atomic mass is 10.2. The zero-order chi connectivity index (χ0) is 21.1. The summed E-state index contributed by atoms with van der Waals surface area (Å²) in [5, 5.41) is 0. The summed E-state index contributed by atoms with van der Waals surface area (Å²) in [5.74, 6) is -0.554. The first kappa shape index (κ1) is 22.5. The summed E-state index contributed by atoms with van der Waals surface area (Å²) in [6.45, 7) is 3.45. The Kier molecular flexibility index (Phi) is 6.97. The van der Waals surface area contributed by atoms with E-state index in [0.717, 1.165) is 4.31 Å². The fraction of sp³-hybridized carbons (Fsp3) is 0.529. The van der Waals surface area contributed by atoms with Gasteiger partial charge in [0.1, 0.15) is 0 Å². The van der Waals surface area contributed by atoms with Crippen molar-refractivity contribution in [2.75, 3.05) is 45.5 Å². The third-order valence-corrected chi connectivity index (χ3v) is 8.38. The highest BCUT2D eigenvalue weighted by atomic mass is 32.2. The predicted molar refractivity (Wildman–Crippen MR) is 104 cm³/mol. The van der Waals surface area contributed by atoms with Crippen LogP contribution < -0.4 is 0 Å². The number of ketones is 1. The number of carbonyl (C=O) groups is 2. The van der Waals surface area contributed by atoms with Crippen LogP contribution in [0, 0.1) is 0 Å². The van der Waals surface area contributed by atoms with E-state index in [0.29, 0.717) is 5.56 Å². The van der Waals surface area contributed by atoms with E-state index in [-0.39, 0.29) is 55.1 Å². The van der Waals surface area contributed by atoms with E-state index in [9.17, 15) is 26.4 Å². The molecule has 2 rings (SSSR count). The van der Waals surface area contributed by atoms with Crippen LogP contribution in [0.1, 0.15) is 24.2 Å². The molecular weight excluding hydrogens is 406 g/mol. The average Bonchev–Trinajstić information content (AvgIpc) is 2.68. The number of piperazine rings is 1. The van der Waals surface area contributed by atoms with Gasteiger partial charge in [-0.3, -0.25) is 9.59 Å². The summed E-state index contributed by atoms with van der Waals surface area (Å²) in [6.07, 6.45) is 0. The minimum absolute atomic E-state index is 0.00431. The maximum Gasteiger partial charge on any atom is 0.243 e. The number of benzene rings is 1. The molecule has 1 saturated heterocycles. The van der Waals surface area contributed by atoms with Gasteiger partial charge >= 0.3 is 0 Å². The van der Waals surface area contributed by atoms with Crippen LogP contribution in [0.2, 0.25) is 0 Å². The first-order valence-corrected chi connectivity index (χ1v) is 11.9. The molecule has 156 valence electrons. The number of sulfonamides is 2. The smallest absolute Gasteiger partial charge is 0.243 e. The van der Waals surface area contributed by atoms with Crippen molar-refractivity contribution in [1.29, 1.82) is 0 Å². The van der Waals surface area contributed by atoms with Crippen molar-refractivity contribution in [3.8, 4) is 0 Å². The van der Waals surface area contributed by atoms with Gasteiger partial charge in [-0.25, -0.2) is 16.8 Å². The van der Waals surface area contributed by atoms with Gasteiger partial charge in [0.25, 0.3) is 0 Å². The van der Waals surface area contributed by atoms with E-state index in [4.69, 9.17) is 0 Å². The van der Waals surface area contributed by atoms with E-state index < -0.39 is 20.0 Å². The molecule has 1 aliphatic heterocycles. The molecule has 0 atom stereocenters. The maximum atomic E-state index is 12.6. The standard InChI is InChI=1S/C17H25N3O6S2/c1-4-27(23,24)20-11-9-19(10-12-20)17(22)13-18(3)28(25,26)16-7-5-15(6-8-16)14(2)21/h5-8H,4,9-13H2,1-3H3. The van der Waals surface area contributed by atoms with E-state index in [1.54, 1.807) is 6.92 Å². The molecule has 1 aromatic rings. The van der Waals surface area contributed by atoms with E-state index in [1.807, 2.05) is 0 Å². The molecule has 1 aromatic carbocycles. The SMILES string of the molecule is CCS(=O)(=O)N1CCN(C(=O)CN(C)S(=O)(=O)c2ccc(C(C)=O)cc2)CC1. The third-order valence-electron chi connectivity index (χ3n) is 4.68. The number of nitrogens with zero attached hydrogens (tertiary/aromatic N) is 3. The topological polar surface area (TPSA) is 112 Å². The molecule has 1 amide bonds. The molecule has 0 N–H and O–H groups in total. The molecule has 1 heterocycles. The molecular formula is C17H25N3O6S2. The van der Waals surface area contributed by atoms with Crippen LogP contribution in [0.4, 0.5) is 0 Å². The first-order valence-electron chi connectivity index (χ1n) is 8.82. The molecule has 0 aromatic heterocycles. The molecule has 0 bridgehead atoms. The van der Waals surface area contributed by atoms with Crippen LogP contribution in [-0.2, 0) is 24.8 Å². The second-order valence-electron chi connectivity index (χ2n) is 6.52. The Bertz CT molecular complexity index is 934. The van der Waals surface area contributed by atoms with Crippen molar-refractivity contribution in [2.24, 2.45) is 0 Å². The number of likely N-dealkylation sites (N-methyl/N-ethyl adjacent to an activating group) is 1. The van der Waals surface area contributed by atoms with Crippen LogP contribution in [0.15, 0.2) is 29.2 Å². The van der Waals surface area contributed by atoms with Crippen molar-refractivity contribution in [1.82, 2.24) is 13.5 Å². The third kappa shape index (κ3) is 4.96. The van der Waals surface area contributed by atoms with E-state index in [1.165, 1.54) is 47.4 Å². The van der Waals surface area contributed by atoms with Crippen LogP contribution in [0.25, 0.3) is 0 Å². The van der Waals surface area contributed by atoms with Gasteiger partial charge in [-0.1, -0.05) is 12.1 Å². The Labute approximate surface area is 166 Å². The molecule has 0 saturated carbocycles. The molecule has 11 heteroatoms. The maximum absolute atomic E-state index is 12.6. The van der Waals surface area contributed by atoms with Gasteiger partial charge < -0.3 is 4.90 Å². The van der Waals surface area contributed by atoms with Crippen LogP contribution in [0.5, 0.6) is 0 Å². The molecule has 28 heavy (non-hydrogen) atoms. The van der Waals surface area contributed by atoms with Gasteiger partial charge in [-0.05, 0) is 26.0 Å². The summed E-state index contributed by atoms with van der Waals surface area (Å²) in [7, 11) is -5.87. The monoisotopic (exact) mass is 431 g/mol. The quantitative estimate of drug-likeness (QED) is 0.562. The molecule has 1 fully saturated rings. The predicted octanol–water partition coefficient (Wildman–Crippen LogP) is 0.00360. The highest BCUT2D eigenvalue weighted by molar-refractivity contribution is 7.89. The molecule has 1 aliphatic rings. The Morgan fingerprint density at radius 2 is 1.54 bits per heavy atom. The summed E-state index contributed by atoms with van der Waals surface area (Å²) in [4.78, 5) is 25.2. The van der Waals surface area contributed by atoms with Gasteiger partial charge in [0.05, 0.1) is 17.2 Å². The minimum atomic E-state index is -3.88. The first-order chi connectivity index (χ1) is 13.0. The highest BCUT2D eigenvalue weighted by Crippen LogP contribution is 2.16. The van der Waals surface area contributed by atoms with Crippen LogP contribution >= 0.6 is 0 Å². The molecule has 9 nitrogen and oxygen atoms in total. The zero-order valence-electron chi connectivity index (χ0n) is 16.2. The molecule has 0 spiro atoms. The van der Waals surface area contributed by atoms with Crippen molar-refractivity contribution in [3.63, 3.8) is 0 Å². The highest BCUT2D eigenvalue weighted by Gasteiger charge is 2.30. The fourth-order valence-electron chi connectivity index (χ4n) is 2.82. The van der Waals surface area contributed by atoms with Crippen molar-refractivity contribution < 1.29 is 26.4 Å². The van der Waals surface area contributed by atoms with Gasteiger partial charge in [0, 0.05) is 38.8 Å². The number of carbonyl (C=O) groups excluding carboxylic acids is 2. The number of amides is 1. The molecule has 0 aliphatic carbocycles. The van der Waals surface area contributed by atoms with E-state index in [2.05, 4.69) is 0 Å². The van der Waals surface area contributed by atoms with Crippen molar-refractivity contribution in [2.45, 2.75) is 18.7 Å². The minimum Gasteiger partial charge on any atom is -0.339 e. The van der Waals surface area contributed by atoms with Gasteiger partial charge in [0.2, 0.25) is 26.0 Å². The van der Waals surface area contributed by atoms with Gasteiger partial charge in [0.15, 0.2) is 5.78 Å². The number of hydrogen-bond donors (Lipinski definition) is 0. The Balaban J connectivity index is 2.01. The van der Waals surface area contributed by atoms with Crippen molar-refractivity contribution in [3.05, 3.63) is 29.8 Å². The zero-order valence-corrected chi connectivity index (χ0v) is 17.8. The van der Waals surface area contributed by atoms with Crippen molar-refractivity contribution >= 4 is 31.7 Å². The summed E-state index contributed by atoms with van der Waals surface area (Å²) in [6, 6.07) is 5.53. The Morgan fingerprint density at radius 1 is 1.00 bits per heavy atom. The lowest BCUT2D eigenvalue weighted by molar-refractivity contribution is -0.132. The largest absolute Gasteiger partial charge is 0.339 e. The summed E-state index contributed by atoms with van der Waals surface area (Å²) in [5.41, 5.74) is 0.401. The van der Waals surface area contributed by atoms with Crippen LogP contribution in [0.3, 0.4) is 0 Å².